The van der Waals surface area contributed by atoms with Crippen LogP contribution in [0.25, 0.3) is 22.4 Å². The number of rotatable bonds is 9. The molecule has 0 bridgehead atoms. The molecule has 3 aromatic heterocycles. The number of carbonyl (C=O) groups excluding carboxylic acids is 1. The molecule has 5 rings (SSSR count). The highest BCUT2D eigenvalue weighted by atomic mass is 16.5. The third-order valence-corrected chi connectivity index (χ3v) is 6.32. The summed E-state index contributed by atoms with van der Waals surface area (Å²) in [5, 5.41) is 9.17. The molecule has 0 fully saturated rings. The highest BCUT2D eigenvalue weighted by Crippen LogP contribution is 2.24. The van der Waals surface area contributed by atoms with Crippen LogP contribution in [0.4, 0.5) is 5.69 Å². The maximum atomic E-state index is 13.1. The van der Waals surface area contributed by atoms with Gasteiger partial charge in [-0.15, -0.1) is 5.10 Å². The van der Waals surface area contributed by atoms with Crippen LogP contribution in [0.15, 0.2) is 71.8 Å². The van der Waals surface area contributed by atoms with E-state index in [1.807, 2.05) is 68.4 Å². The van der Waals surface area contributed by atoms with E-state index >= 15 is 0 Å². The number of hydrogen-bond donors (Lipinski definition) is 0. The van der Waals surface area contributed by atoms with Crippen molar-refractivity contribution in [2.75, 3.05) is 18.1 Å². The van der Waals surface area contributed by atoms with E-state index < -0.39 is 0 Å². The van der Waals surface area contributed by atoms with Crippen LogP contribution in [0, 0.1) is 6.92 Å². The Morgan fingerprint density at radius 3 is 2.57 bits per heavy atom. The summed E-state index contributed by atoms with van der Waals surface area (Å²) in [4.78, 5) is 27.9. The smallest absolute Gasteiger partial charge is 0.350 e. The number of benzene rings is 2. The van der Waals surface area contributed by atoms with E-state index in [1.54, 1.807) is 21.8 Å². The van der Waals surface area contributed by atoms with E-state index in [2.05, 4.69) is 17.1 Å². The molecule has 9 heteroatoms. The van der Waals surface area contributed by atoms with Crippen molar-refractivity contribution >= 4 is 22.8 Å². The summed E-state index contributed by atoms with van der Waals surface area (Å²) in [5.74, 6) is 0.621. The molecule has 0 atom stereocenters. The van der Waals surface area contributed by atoms with Gasteiger partial charge in [0.05, 0.1) is 12.3 Å². The Morgan fingerprint density at radius 2 is 1.84 bits per heavy atom. The normalized spacial score (nSPS) is 11.3. The van der Waals surface area contributed by atoms with Gasteiger partial charge in [-0.1, -0.05) is 25.5 Å². The van der Waals surface area contributed by atoms with Crippen LogP contribution in [0.3, 0.4) is 0 Å². The van der Waals surface area contributed by atoms with Crippen molar-refractivity contribution in [3.63, 3.8) is 0 Å². The first-order valence-electron chi connectivity index (χ1n) is 12.6. The van der Waals surface area contributed by atoms with E-state index in [0.29, 0.717) is 24.3 Å². The first kappa shape index (κ1) is 24.3. The van der Waals surface area contributed by atoms with Gasteiger partial charge in [-0.25, -0.2) is 18.4 Å². The van der Waals surface area contributed by atoms with Crippen LogP contribution in [0.2, 0.25) is 0 Å². The quantitative estimate of drug-likeness (QED) is 0.282. The number of anilines is 1. The molecule has 0 aliphatic heterocycles. The zero-order valence-electron chi connectivity index (χ0n) is 21.3. The number of carbonyl (C=O) groups is 1. The molecule has 0 unspecified atom stereocenters. The molecule has 0 radical (unpaired) electrons. The van der Waals surface area contributed by atoms with Crippen LogP contribution >= 0.6 is 0 Å². The molecule has 0 saturated carbocycles. The number of nitrogens with zero attached hydrogens (tertiary/aromatic N) is 6. The highest BCUT2D eigenvalue weighted by Gasteiger charge is 2.19. The summed E-state index contributed by atoms with van der Waals surface area (Å²) in [6, 6.07) is 17.4. The number of ether oxygens (including phenoxy) is 1. The summed E-state index contributed by atoms with van der Waals surface area (Å²) in [6.07, 6.45) is 5.45. The molecule has 5 aromatic rings. The Kier molecular flexibility index (Phi) is 6.76. The first-order valence-corrected chi connectivity index (χ1v) is 12.6. The third-order valence-electron chi connectivity index (χ3n) is 6.32. The number of hydrogen-bond acceptors (Lipinski definition) is 5. The minimum atomic E-state index is -0.373. The number of unbranched alkanes of at least 4 members (excludes halogenated alkanes) is 1. The van der Waals surface area contributed by atoms with E-state index in [9.17, 15) is 9.59 Å². The fourth-order valence-corrected chi connectivity index (χ4v) is 4.35. The summed E-state index contributed by atoms with van der Waals surface area (Å²) in [7, 11) is 0. The van der Waals surface area contributed by atoms with Gasteiger partial charge in [0.2, 0.25) is 5.91 Å². The topological polar surface area (TPSA) is 86.1 Å². The number of aromatic nitrogens is 5. The Bertz CT molecular complexity index is 1610. The first-order chi connectivity index (χ1) is 18.0. The van der Waals surface area contributed by atoms with Gasteiger partial charge in [-0.2, -0.15) is 5.10 Å². The molecule has 0 N–H and O–H groups in total. The number of likely N-dealkylation sites (N-methyl/N-ethyl adjacent to an activating group) is 1. The standard InChI is InChI=1S/C28H30N6O3/c1-4-6-16-37-23-12-10-21(11-13-23)24-18-25-27-30-34(28(36)32(27)14-15-33(25)29-24)19-26(35)31(5-2)22-9-7-8-20(3)17-22/h7-15,17-18H,4-6,16,19H2,1-3H3. The van der Waals surface area contributed by atoms with Gasteiger partial charge in [0.1, 0.15) is 17.8 Å². The van der Waals surface area contributed by atoms with Gasteiger partial charge in [0.25, 0.3) is 0 Å². The number of aryl methyl sites for hydroxylation is 1. The lowest BCUT2D eigenvalue weighted by Crippen LogP contribution is -2.36. The van der Waals surface area contributed by atoms with E-state index in [0.717, 1.165) is 41.1 Å². The second-order valence-corrected chi connectivity index (χ2v) is 8.99. The second kappa shape index (κ2) is 10.3. The molecule has 190 valence electrons. The fourth-order valence-electron chi connectivity index (χ4n) is 4.35. The molecule has 0 saturated heterocycles. The van der Waals surface area contributed by atoms with Crippen molar-refractivity contribution in [3.8, 4) is 17.0 Å². The summed E-state index contributed by atoms with van der Waals surface area (Å²) < 4.78 is 10.1. The monoisotopic (exact) mass is 498 g/mol. The second-order valence-electron chi connectivity index (χ2n) is 8.99. The molecule has 2 aromatic carbocycles. The third kappa shape index (κ3) is 4.84. The van der Waals surface area contributed by atoms with E-state index in [1.165, 1.54) is 9.08 Å². The maximum Gasteiger partial charge on any atom is 0.350 e. The van der Waals surface area contributed by atoms with Crippen molar-refractivity contribution in [1.29, 1.82) is 0 Å². The van der Waals surface area contributed by atoms with Gasteiger partial charge in [-0.3, -0.25) is 4.79 Å². The lowest BCUT2D eigenvalue weighted by molar-refractivity contribution is -0.119. The average Bonchev–Trinajstić information content (AvgIpc) is 3.47. The Balaban J connectivity index is 1.43. The predicted molar refractivity (Wildman–Crippen MR) is 143 cm³/mol. The van der Waals surface area contributed by atoms with E-state index in [-0.39, 0.29) is 18.1 Å². The van der Waals surface area contributed by atoms with Gasteiger partial charge >= 0.3 is 5.69 Å². The van der Waals surface area contributed by atoms with Crippen LogP contribution in [0.5, 0.6) is 5.75 Å². The lowest BCUT2D eigenvalue weighted by atomic mass is 10.1. The van der Waals surface area contributed by atoms with Crippen LogP contribution < -0.4 is 15.3 Å². The van der Waals surface area contributed by atoms with Gasteiger partial charge in [0.15, 0.2) is 5.65 Å². The predicted octanol–water partition coefficient (Wildman–Crippen LogP) is 4.35. The molecule has 37 heavy (non-hydrogen) atoms. The van der Waals surface area contributed by atoms with Gasteiger partial charge < -0.3 is 9.64 Å². The van der Waals surface area contributed by atoms with Gasteiger partial charge in [0, 0.05) is 30.2 Å². The molecule has 9 nitrogen and oxygen atoms in total. The summed E-state index contributed by atoms with van der Waals surface area (Å²) >= 11 is 0. The van der Waals surface area contributed by atoms with Crippen molar-refractivity contribution in [3.05, 3.63) is 83.0 Å². The van der Waals surface area contributed by atoms with Crippen molar-refractivity contribution in [1.82, 2.24) is 23.8 Å². The van der Waals surface area contributed by atoms with Crippen molar-refractivity contribution in [2.45, 2.75) is 40.2 Å². The molecule has 3 heterocycles. The number of amides is 1. The van der Waals surface area contributed by atoms with Crippen molar-refractivity contribution in [2.24, 2.45) is 0 Å². The lowest BCUT2D eigenvalue weighted by Gasteiger charge is -2.21. The fraction of sp³-hybridized carbons (Fsp3) is 0.286. The Labute approximate surface area is 214 Å². The molecular formula is C28H30N6O3. The summed E-state index contributed by atoms with van der Waals surface area (Å²) in [6.45, 7) is 7.05. The maximum absolute atomic E-state index is 13.1. The SMILES string of the molecule is CCCCOc1ccc(-c2cc3c4nn(CC(=O)N(CC)c5cccc(C)c5)c(=O)n4ccn3n2)cc1. The minimum absolute atomic E-state index is 0.158. The molecule has 1 amide bonds. The molecule has 0 aliphatic rings. The molecule has 0 aliphatic carbocycles. The largest absolute Gasteiger partial charge is 0.494 e. The van der Waals surface area contributed by atoms with E-state index in [4.69, 9.17) is 4.74 Å². The summed E-state index contributed by atoms with van der Waals surface area (Å²) in [5.41, 5.74) is 4.29. The van der Waals surface area contributed by atoms with Crippen molar-refractivity contribution < 1.29 is 9.53 Å². The zero-order valence-corrected chi connectivity index (χ0v) is 21.3. The van der Waals surface area contributed by atoms with Crippen LogP contribution in [-0.2, 0) is 11.3 Å². The zero-order chi connectivity index (χ0) is 25.9. The highest BCUT2D eigenvalue weighted by molar-refractivity contribution is 5.93. The van der Waals surface area contributed by atoms with Crippen LogP contribution in [-0.4, -0.2) is 42.9 Å². The van der Waals surface area contributed by atoms with Crippen LogP contribution in [0.1, 0.15) is 32.3 Å². The van der Waals surface area contributed by atoms with Gasteiger partial charge in [-0.05, 0) is 68.3 Å². The molecule has 0 spiro atoms. The Hall–Kier alpha value is -4.40. The molecular weight excluding hydrogens is 468 g/mol. The Morgan fingerprint density at radius 1 is 1.03 bits per heavy atom. The minimum Gasteiger partial charge on any atom is -0.494 e. The number of fused-ring (bicyclic) bond motifs is 3. The average molecular weight is 499 g/mol.